The van der Waals surface area contributed by atoms with E-state index in [0.29, 0.717) is 0 Å². The number of hydrogen-bond donors (Lipinski definition) is 2. The molecule has 0 saturated heterocycles. The van der Waals surface area contributed by atoms with Crippen LogP contribution in [0.15, 0.2) is 0 Å². The second kappa shape index (κ2) is 9.69. The predicted molar refractivity (Wildman–Crippen MR) is 14.7 cm³/mol. The third-order valence-electron chi connectivity index (χ3n) is 0. The molecule has 2 nitrogen and oxygen atoms in total. The molecule has 0 aromatic heterocycles. The van der Waals surface area contributed by atoms with Gasteiger partial charge >= 0.3 is 46.4 Å². The molecule has 0 spiro atoms. The Kier molecular flexibility index (Phi) is 25.3. The molecule has 0 aromatic carbocycles. The van der Waals surface area contributed by atoms with Crippen LogP contribution in [-0.2, 0) is 0 Å². The largest absolute Gasteiger partial charge is 1.00 e. The van der Waals surface area contributed by atoms with Crippen molar-refractivity contribution >= 4 is 8.69 Å². The molecule has 0 rings (SSSR count). The van der Waals surface area contributed by atoms with E-state index in [2.05, 4.69) is 0 Å². The summed E-state index contributed by atoms with van der Waals surface area (Å²) < 4.78 is 10.2. The maximum atomic E-state index is 10.2. The Balaban J connectivity index is -0.00000000750. The Morgan fingerprint density at radius 1 is 1.33 bits per heavy atom. The van der Waals surface area contributed by atoms with E-state index in [-0.39, 0.29) is 40.6 Å². The summed E-state index contributed by atoms with van der Waals surface area (Å²) in [5.41, 5.74) is 0. The normalized spacial score (nSPS) is 6.00. The molecule has 0 unspecified atom stereocenters. The number of rotatable bonds is 0. The Morgan fingerprint density at radius 3 is 1.33 bits per heavy atom. The minimum atomic E-state index is -3.12. The first-order chi connectivity index (χ1) is 1.73. The van der Waals surface area contributed by atoms with E-state index in [1.807, 2.05) is 0 Å². The molecule has 6 heavy (non-hydrogen) atoms. The third-order valence-corrected chi connectivity index (χ3v) is 0. The predicted octanol–water partition coefficient (Wildman–Crippen LogP) is -5.60. The summed E-state index contributed by atoms with van der Waals surface area (Å²) in [5, 5.41) is 0. The average Bonchev–Trinajstić information content (AvgIpc) is 0.811. The standard InChI is InChI=1S/FH2O2P.2Li.2H/c1-4(2)3;;;;/h2-3H;;;;/q;2*+1;2*-1. The Labute approximate surface area is 63.5 Å². The molecular formula is H4FLi2O2P. The molecule has 6 heteroatoms. The molecule has 0 aliphatic rings. The monoisotopic (exact) mass is 100 g/mol. The zero-order chi connectivity index (χ0) is 3.58. The van der Waals surface area contributed by atoms with Crippen molar-refractivity contribution in [3.8, 4) is 0 Å². The zero-order valence-electron chi connectivity index (χ0n) is 5.72. The zero-order valence-corrected chi connectivity index (χ0v) is 4.61. The van der Waals surface area contributed by atoms with Crippen LogP contribution in [0.1, 0.15) is 2.85 Å². The van der Waals surface area contributed by atoms with Gasteiger partial charge in [0.2, 0.25) is 0 Å². The van der Waals surface area contributed by atoms with Crippen molar-refractivity contribution in [3.63, 3.8) is 0 Å². The van der Waals surface area contributed by atoms with Crippen LogP contribution in [0.2, 0.25) is 0 Å². The Hall–Kier alpha value is 1.47. The molecule has 0 fully saturated rings. The maximum absolute atomic E-state index is 10.2. The molecule has 0 aliphatic heterocycles. The van der Waals surface area contributed by atoms with Gasteiger partial charge in [0.25, 0.3) is 0 Å². The SMILES string of the molecule is OP(O)F.[H-].[H-].[Li+].[Li+]. The van der Waals surface area contributed by atoms with Crippen molar-refractivity contribution in [2.75, 3.05) is 0 Å². The van der Waals surface area contributed by atoms with Gasteiger partial charge in [0, 0.05) is 0 Å². The first-order valence-electron chi connectivity index (χ1n) is 0.569. The number of hydrogen-bond acceptors (Lipinski definition) is 2. The fraction of sp³-hybridized carbons (Fsp3) is 0. The molecular weight excluding hydrogens is 95.9 g/mol. The van der Waals surface area contributed by atoms with Gasteiger partial charge in [-0.1, -0.05) is 0 Å². The van der Waals surface area contributed by atoms with Crippen molar-refractivity contribution in [3.05, 3.63) is 0 Å². The van der Waals surface area contributed by atoms with Gasteiger partial charge in [0.1, 0.15) is 0 Å². The Morgan fingerprint density at radius 2 is 1.33 bits per heavy atom. The summed E-state index contributed by atoms with van der Waals surface area (Å²) in [4.78, 5) is 14.0. The van der Waals surface area contributed by atoms with Crippen LogP contribution in [0, 0.1) is 0 Å². The molecule has 0 atom stereocenters. The fourth-order valence-electron chi connectivity index (χ4n) is 0. The summed E-state index contributed by atoms with van der Waals surface area (Å²) in [6.07, 6.45) is 0. The second-order valence-corrected chi connectivity index (χ2v) is 0.722. The Bertz CT molecular complexity index is 22.8. The van der Waals surface area contributed by atoms with Crippen LogP contribution >= 0.6 is 8.69 Å². The van der Waals surface area contributed by atoms with Gasteiger partial charge in [-0.2, -0.15) is 4.20 Å². The van der Waals surface area contributed by atoms with Crippen LogP contribution in [-0.4, -0.2) is 9.79 Å². The van der Waals surface area contributed by atoms with E-state index >= 15 is 0 Å². The van der Waals surface area contributed by atoms with E-state index in [9.17, 15) is 4.20 Å². The summed E-state index contributed by atoms with van der Waals surface area (Å²) in [5.74, 6) is 0. The molecule has 0 aliphatic carbocycles. The minimum absolute atomic E-state index is 0. The van der Waals surface area contributed by atoms with Gasteiger partial charge in [0.15, 0.2) is 0 Å². The van der Waals surface area contributed by atoms with Gasteiger partial charge in [0.05, 0.1) is 0 Å². The quantitative estimate of drug-likeness (QED) is 0.235. The second-order valence-electron chi connectivity index (χ2n) is 0.241. The minimum Gasteiger partial charge on any atom is -1.00 e. The molecule has 0 amide bonds. The van der Waals surface area contributed by atoms with E-state index in [4.69, 9.17) is 9.79 Å². The average molecular weight is 99.9 g/mol. The maximum Gasteiger partial charge on any atom is 1.00 e. The van der Waals surface area contributed by atoms with E-state index < -0.39 is 8.69 Å². The van der Waals surface area contributed by atoms with Gasteiger partial charge < -0.3 is 12.6 Å². The number of halogens is 1. The van der Waals surface area contributed by atoms with Crippen molar-refractivity contribution in [1.29, 1.82) is 0 Å². The van der Waals surface area contributed by atoms with Crippen molar-refractivity contribution in [1.82, 2.24) is 0 Å². The van der Waals surface area contributed by atoms with Gasteiger partial charge in [-0.05, 0) is 0 Å². The summed E-state index contributed by atoms with van der Waals surface area (Å²) >= 11 is 0. The molecule has 0 heterocycles. The summed E-state index contributed by atoms with van der Waals surface area (Å²) in [6, 6.07) is 0. The smallest absolute Gasteiger partial charge is 1.00 e. The topological polar surface area (TPSA) is 40.5 Å². The van der Waals surface area contributed by atoms with E-state index in [1.54, 1.807) is 0 Å². The van der Waals surface area contributed by atoms with E-state index in [0.717, 1.165) is 0 Å². The van der Waals surface area contributed by atoms with Gasteiger partial charge in [-0.15, -0.1) is 0 Å². The van der Waals surface area contributed by atoms with Crippen molar-refractivity contribution in [2.24, 2.45) is 0 Å². The fourth-order valence-corrected chi connectivity index (χ4v) is 0. The molecule has 0 saturated carbocycles. The first kappa shape index (κ1) is 15.6. The summed E-state index contributed by atoms with van der Waals surface area (Å²) in [6.45, 7) is 0. The van der Waals surface area contributed by atoms with Gasteiger partial charge in [-0.25, -0.2) is 0 Å². The van der Waals surface area contributed by atoms with Crippen LogP contribution in [0.25, 0.3) is 0 Å². The molecule has 0 aromatic rings. The molecule has 30 valence electrons. The molecule has 0 bridgehead atoms. The van der Waals surface area contributed by atoms with E-state index in [1.165, 1.54) is 0 Å². The molecule has 2 N–H and O–H groups in total. The third kappa shape index (κ3) is 50.4. The molecule has 0 radical (unpaired) electrons. The summed E-state index contributed by atoms with van der Waals surface area (Å²) in [7, 11) is -3.12. The van der Waals surface area contributed by atoms with Crippen LogP contribution in [0.3, 0.4) is 0 Å². The first-order valence-corrected chi connectivity index (χ1v) is 1.71. The van der Waals surface area contributed by atoms with Gasteiger partial charge in [-0.3, -0.25) is 0 Å². The van der Waals surface area contributed by atoms with Crippen LogP contribution in [0.4, 0.5) is 4.20 Å². The van der Waals surface area contributed by atoms with Crippen molar-refractivity contribution < 1.29 is 54.6 Å². The van der Waals surface area contributed by atoms with Crippen molar-refractivity contribution in [2.45, 2.75) is 0 Å². The van der Waals surface area contributed by atoms with Crippen LogP contribution < -0.4 is 37.7 Å². The van der Waals surface area contributed by atoms with Crippen LogP contribution in [0.5, 0.6) is 0 Å².